The highest BCUT2D eigenvalue weighted by Crippen LogP contribution is 2.10. The Balaban J connectivity index is 3.04. The Morgan fingerprint density at radius 1 is 1.40 bits per heavy atom. The number of nitro groups is 1. The standard InChI is InChI=1S/C6H6ClN3O4S/c7-1-2-15(13,14)6-8-3-5(4-9-6)10(11)12/h3-4H,1-2H2. The lowest BCUT2D eigenvalue weighted by atomic mass is 10.6. The Bertz CT molecular complexity index is 458. The normalized spacial score (nSPS) is 11.3. The van der Waals surface area contributed by atoms with Gasteiger partial charge in [-0.2, -0.15) is 0 Å². The molecule has 0 aliphatic heterocycles. The van der Waals surface area contributed by atoms with Crippen molar-refractivity contribution in [3.8, 4) is 0 Å². The van der Waals surface area contributed by atoms with E-state index >= 15 is 0 Å². The van der Waals surface area contributed by atoms with Gasteiger partial charge in [-0.1, -0.05) is 0 Å². The number of aromatic nitrogens is 2. The molecule has 0 aliphatic carbocycles. The summed E-state index contributed by atoms with van der Waals surface area (Å²) < 4.78 is 22.7. The van der Waals surface area contributed by atoms with Crippen LogP contribution in [0.2, 0.25) is 0 Å². The summed E-state index contributed by atoms with van der Waals surface area (Å²) in [6, 6.07) is 0. The molecule has 1 aromatic heterocycles. The average molecular weight is 252 g/mol. The highest BCUT2D eigenvalue weighted by Gasteiger charge is 2.18. The summed E-state index contributed by atoms with van der Waals surface area (Å²) in [6.45, 7) is 0. The van der Waals surface area contributed by atoms with Crippen LogP contribution in [0.25, 0.3) is 0 Å². The Labute approximate surface area is 90.2 Å². The van der Waals surface area contributed by atoms with Gasteiger partial charge in [-0.3, -0.25) is 10.1 Å². The number of rotatable bonds is 4. The molecule has 15 heavy (non-hydrogen) atoms. The van der Waals surface area contributed by atoms with Gasteiger partial charge < -0.3 is 0 Å². The number of hydrogen-bond acceptors (Lipinski definition) is 6. The molecule has 0 radical (unpaired) electrons. The van der Waals surface area contributed by atoms with Crippen molar-refractivity contribution in [2.24, 2.45) is 0 Å². The van der Waals surface area contributed by atoms with Crippen molar-refractivity contribution in [3.63, 3.8) is 0 Å². The Kier molecular flexibility index (Phi) is 3.53. The third kappa shape index (κ3) is 2.83. The maximum atomic E-state index is 11.3. The van der Waals surface area contributed by atoms with Gasteiger partial charge in [0, 0.05) is 5.88 Å². The van der Waals surface area contributed by atoms with E-state index in [4.69, 9.17) is 11.6 Å². The number of sulfone groups is 1. The van der Waals surface area contributed by atoms with E-state index < -0.39 is 19.9 Å². The second-order valence-corrected chi connectivity index (χ2v) is 4.87. The summed E-state index contributed by atoms with van der Waals surface area (Å²) in [5, 5.41) is 9.79. The van der Waals surface area contributed by atoms with Crippen LogP contribution >= 0.6 is 11.6 Å². The molecule has 0 aliphatic rings. The van der Waals surface area contributed by atoms with Gasteiger partial charge in [0.25, 0.3) is 0 Å². The van der Waals surface area contributed by atoms with E-state index in [0.717, 1.165) is 12.4 Å². The summed E-state index contributed by atoms with van der Waals surface area (Å²) in [5.41, 5.74) is -0.361. The second-order valence-electron chi connectivity index (χ2n) is 2.49. The van der Waals surface area contributed by atoms with E-state index in [-0.39, 0.29) is 17.3 Å². The molecule has 1 rings (SSSR count). The van der Waals surface area contributed by atoms with Crippen molar-refractivity contribution in [2.75, 3.05) is 11.6 Å². The molecule has 0 amide bonds. The summed E-state index contributed by atoms with van der Waals surface area (Å²) in [7, 11) is -3.63. The van der Waals surface area contributed by atoms with E-state index in [9.17, 15) is 18.5 Å². The Hall–Kier alpha value is -1.28. The maximum absolute atomic E-state index is 11.3. The van der Waals surface area contributed by atoms with Gasteiger partial charge in [0.1, 0.15) is 12.4 Å². The zero-order valence-corrected chi connectivity index (χ0v) is 8.90. The molecule has 0 spiro atoms. The van der Waals surface area contributed by atoms with Crippen LogP contribution in [-0.2, 0) is 9.84 Å². The molecule has 1 heterocycles. The largest absolute Gasteiger partial charge is 0.305 e. The third-order valence-corrected chi connectivity index (χ3v) is 3.37. The minimum atomic E-state index is -3.63. The Morgan fingerprint density at radius 2 is 1.93 bits per heavy atom. The minimum absolute atomic E-state index is 0.0807. The first kappa shape index (κ1) is 11.8. The molecule has 7 nitrogen and oxygen atoms in total. The van der Waals surface area contributed by atoms with Crippen molar-refractivity contribution < 1.29 is 13.3 Å². The van der Waals surface area contributed by atoms with Crippen LogP contribution in [-0.4, -0.2) is 34.9 Å². The van der Waals surface area contributed by atoms with Crippen molar-refractivity contribution in [1.29, 1.82) is 0 Å². The van der Waals surface area contributed by atoms with Gasteiger partial charge >= 0.3 is 5.69 Å². The van der Waals surface area contributed by atoms with Gasteiger partial charge in [0.2, 0.25) is 15.0 Å². The fraction of sp³-hybridized carbons (Fsp3) is 0.333. The lowest BCUT2D eigenvalue weighted by molar-refractivity contribution is -0.385. The highest BCUT2D eigenvalue weighted by atomic mass is 35.5. The SMILES string of the molecule is O=[N+]([O-])c1cnc(S(=O)(=O)CCCl)nc1. The number of halogens is 1. The molecular formula is C6H6ClN3O4S. The lowest BCUT2D eigenvalue weighted by Gasteiger charge is -1.98. The molecule has 9 heteroatoms. The molecule has 0 unspecified atom stereocenters. The molecule has 1 aromatic rings. The number of alkyl halides is 1. The first-order valence-electron chi connectivity index (χ1n) is 3.72. The van der Waals surface area contributed by atoms with Gasteiger partial charge in [-0.15, -0.1) is 11.6 Å². The van der Waals surface area contributed by atoms with Crippen molar-refractivity contribution >= 4 is 27.1 Å². The predicted octanol–water partition coefficient (Wildman–Crippen LogP) is 0.397. The van der Waals surface area contributed by atoms with Crippen LogP contribution in [0.3, 0.4) is 0 Å². The topological polar surface area (TPSA) is 103 Å². The molecule has 0 saturated carbocycles. The zero-order valence-electron chi connectivity index (χ0n) is 7.33. The molecule has 82 valence electrons. The summed E-state index contributed by atoms with van der Waals surface area (Å²) >= 11 is 5.27. The van der Waals surface area contributed by atoms with E-state index in [1.54, 1.807) is 0 Å². The van der Waals surface area contributed by atoms with Crippen LogP contribution in [0.1, 0.15) is 0 Å². The number of nitrogens with zero attached hydrogens (tertiary/aromatic N) is 3. The van der Waals surface area contributed by atoms with Gasteiger partial charge in [-0.05, 0) is 0 Å². The smallest absolute Gasteiger partial charge is 0.258 e. The van der Waals surface area contributed by atoms with Crippen LogP contribution < -0.4 is 0 Å². The van der Waals surface area contributed by atoms with Crippen LogP contribution in [0, 0.1) is 10.1 Å². The molecule has 0 N–H and O–H groups in total. The first-order chi connectivity index (χ1) is 6.97. The fourth-order valence-electron chi connectivity index (χ4n) is 0.757. The predicted molar refractivity (Wildman–Crippen MR) is 51.5 cm³/mol. The monoisotopic (exact) mass is 251 g/mol. The summed E-state index contributed by atoms with van der Waals surface area (Å²) in [5.74, 6) is -0.380. The second kappa shape index (κ2) is 4.49. The lowest BCUT2D eigenvalue weighted by Crippen LogP contribution is -2.11. The average Bonchev–Trinajstić information content (AvgIpc) is 2.18. The third-order valence-electron chi connectivity index (χ3n) is 1.45. The van der Waals surface area contributed by atoms with Gasteiger partial charge in [-0.25, -0.2) is 18.4 Å². The molecule has 0 fully saturated rings. The van der Waals surface area contributed by atoms with Crippen LogP contribution in [0.4, 0.5) is 5.69 Å². The highest BCUT2D eigenvalue weighted by molar-refractivity contribution is 7.91. The quantitative estimate of drug-likeness (QED) is 0.332. The Morgan fingerprint density at radius 3 is 2.33 bits per heavy atom. The van der Waals surface area contributed by atoms with Crippen molar-refractivity contribution in [2.45, 2.75) is 5.16 Å². The molecule has 0 saturated heterocycles. The maximum Gasteiger partial charge on any atom is 0.305 e. The van der Waals surface area contributed by atoms with Crippen LogP contribution in [0.5, 0.6) is 0 Å². The van der Waals surface area contributed by atoms with E-state index in [1.807, 2.05) is 0 Å². The molecule has 0 bridgehead atoms. The number of hydrogen-bond donors (Lipinski definition) is 0. The van der Waals surface area contributed by atoms with E-state index in [1.165, 1.54) is 0 Å². The van der Waals surface area contributed by atoms with Crippen LogP contribution in [0.15, 0.2) is 17.6 Å². The summed E-state index contributed by atoms with van der Waals surface area (Å²) in [6.07, 6.45) is 1.68. The van der Waals surface area contributed by atoms with Gasteiger partial charge in [0.15, 0.2) is 0 Å². The molecular weight excluding hydrogens is 246 g/mol. The first-order valence-corrected chi connectivity index (χ1v) is 5.91. The van der Waals surface area contributed by atoms with Crippen molar-refractivity contribution in [1.82, 2.24) is 9.97 Å². The van der Waals surface area contributed by atoms with Crippen molar-refractivity contribution in [3.05, 3.63) is 22.5 Å². The molecule has 0 atom stereocenters. The molecule has 0 aromatic carbocycles. The van der Waals surface area contributed by atoms with Gasteiger partial charge in [0.05, 0.1) is 10.7 Å². The zero-order chi connectivity index (χ0) is 11.5. The minimum Gasteiger partial charge on any atom is -0.258 e. The summed E-state index contributed by atoms with van der Waals surface area (Å²) in [4.78, 5) is 16.3. The fourth-order valence-corrected chi connectivity index (χ4v) is 2.18. The van der Waals surface area contributed by atoms with E-state index in [2.05, 4.69) is 9.97 Å². The van der Waals surface area contributed by atoms with E-state index in [0.29, 0.717) is 0 Å².